The average Bonchev–Trinajstić information content (AvgIpc) is 3.14. The summed E-state index contributed by atoms with van der Waals surface area (Å²) in [5.41, 5.74) is 1.36. The van der Waals surface area contributed by atoms with Crippen molar-refractivity contribution in [1.29, 1.82) is 0 Å². The SMILES string of the molecule is CCOc1ccc(S(=O)(=O)NC(=O)c2cccnc2)cc1-c1nc2c(CC(C)C)nn(C)c2c(=O)[nH]1. The third-order valence-electron chi connectivity index (χ3n) is 5.33. The Labute approximate surface area is 207 Å². The fraction of sp³-hybridized carbons (Fsp3) is 0.292. The van der Waals surface area contributed by atoms with E-state index in [1.165, 1.54) is 47.4 Å². The molecule has 0 aliphatic carbocycles. The van der Waals surface area contributed by atoms with E-state index in [1.807, 2.05) is 18.6 Å². The normalized spacial score (nSPS) is 11.7. The van der Waals surface area contributed by atoms with Gasteiger partial charge in [-0.1, -0.05) is 13.8 Å². The number of carbonyl (C=O) groups is 1. The summed E-state index contributed by atoms with van der Waals surface area (Å²) in [6.45, 7) is 6.16. The first kappa shape index (κ1) is 25.0. The number of fused-ring (bicyclic) bond motifs is 1. The number of nitrogens with one attached hydrogen (secondary N) is 2. The second kappa shape index (κ2) is 9.90. The highest BCUT2D eigenvalue weighted by Crippen LogP contribution is 2.31. The van der Waals surface area contributed by atoms with Crippen molar-refractivity contribution in [2.24, 2.45) is 13.0 Å². The van der Waals surface area contributed by atoms with E-state index < -0.39 is 21.5 Å². The molecule has 0 aliphatic rings. The van der Waals surface area contributed by atoms with E-state index in [0.29, 0.717) is 35.5 Å². The van der Waals surface area contributed by atoms with Gasteiger partial charge in [0.1, 0.15) is 17.1 Å². The molecule has 0 saturated heterocycles. The lowest BCUT2D eigenvalue weighted by Crippen LogP contribution is -2.30. The number of aromatic nitrogens is 5. The van der Waals surface area contributed by atoms with E-state index in [1.54, 1.807) is 14.0 Å². The zero-order valence-electron chi connectivity index (χ0n) is 20.3. The van der Waals surface area contributed by atoms with Gasteiger partial charge in [0.2, 0.25) is 0 Å². The van der Waals surface area contributed by atoms with Crippen LogP contribution >= 0.6 is 0 Å². The maximum absolute atomic E-state index is 13.0. The van der Waals surface area contributed by atoms with Gasteiger partial charge < -0.3 is 9.72 Å². The highest BCUT2D eigenvalue weighted by molar-refractivity contribution is 7.90. The Morgan fingerprint density at radius 3 is 2.69 bits per heavy atom. The van der Waals surface area contributed by atoms with Crippen molar-refractivity contribution in [3.63, 3.8) is 0 Å². The molecule has 4 aromatic rings. The van der Waals surface area contributed by atoms with Crippen molar-refractivity contribution in [2.45, 2.75) is 32.1 Å². The van der Waals surface area contributed by atoms with Gasteiger partial charge in [0, 0.05) is 19.4 Å². The van der Waals surface area contributed by atoms with Crippen LogP contribution in [0.15, 0.2) is 52.4 Å². The number of sulfonamides is 1. The van der Waals surface area contributed by atoms with Crippen molar-refractivity contribution in [2.75, 3.05) is 6.61 Å². The highest BCUT2D eigenvalue weighted by atomic mass is 32.2. The summed E-state index contributed by atoms with van der Waals surface area (Å²) in [7, 11) is -2.59. The number of ether oxygens (including phenoxy) is 1. The largest absolute Gasteiger partial charge is 0.493 e. The predicted molar refractivity (Wildman–Crippen MR) is 133 cm³/mol. The molecule has 12 heteroatoms. The van der Waals surface area contributed by atoms with Gasteiger partial charge in [-0.05, 0) is 49.6 Å². The minimum absolute atomic E-state index is 0.0953. The number of hydrogen-bond donors (Lipinski definition) is 2. The Morgan fingerprint density at radius 1 is 1.25 bits per heavy atom. The number of aryl methyl sites for hydroxylation is 1. The molecule has 36 heavy (non-hydrogen) atoms. The Balaban J connectivity index is 1.82. The Kier molecular flexibility index (Phi) is 6.88. The first-order valence-corrected chi connectivity index (χ1v) is 12.8. The second-order valence-electron chi connectivity index (χ2n) is 8.55. The molecule has 1 aromatic carbocycles. The summed E-state index contributed by atoms with van der Waals surface area (Å²) in [5, 5.41) is 4.46. The maximum atomic E-state index is 13.0. The molecule has 0 aliphatic heterocycles. The molecule has 0 bridgehead atoms. The van der Waals surface area contributed by atoms with Gasteiger partial charge in [0.05, 0.1) is 28.3 Å². The van der Waals surface area contributed by atoms with Crippen molar-refractivity contribution in [3.05, 3.63) is 64.3 Å². The number of carbonyl (C=O) groups excluding carboxylic acids is 1. The Morgan fingerprint density at radius 2 is 2.03 bits per heavy atom. The first-order valence-electron chi connectivity index (χ1n) is 11.3. The summed E-state index contributed by atoms with van der Waals surface area (Å²) in [6, 6.07) is 7.07. The van der Waals surface area contributed by atoms with Crippen LogP contribution in [-0.2, 0) is 23.5 Å². The van der Waals surface area contributed by atoms with E-state index >= 15 is 0 Å². The second-order valence-corrected chi connectivity index (χ2v) is 10.2. The summed E-state index contributed by atoms with van der Waals surface area (Å²) >= 11 is 0. The molecule has 0 saturated carbocycles. The molecule has 2 N–H and O–H groups in total. The number of pyridine rings is 1. The van der Waals surface area contributed by atoms with Gasteiger partial charge in [0.25, 0.3) is 21.5 Å². The van der Waals surface area contributed by atoms with Crippen LogP contribution in [0.25, 0.3) is 22.4 Å². The monoisotopic (exact) mass is 510 g/mol. The molecule has 4 rings (SSSR count). The molecule has 0 spiro atoms. The first-order chi connectivity index (χ1) is 17.1. The Bertz CT molecular complexity index is 1590. The number of hydrogen-bond acceptors (Lipinski definition) is 8. The summed E-state index contributed by atoms with van der Waals surface area (Å²) < 4.78 is 35.3. The fourth-order valence-corrected chi connectivity index (χ4v) is 4.78. The van der Waals surface area contributed by atoms with Crippen molar-refractivity contribution < 1.29 is 17.9 Å². The molecule has 0 atom stereocenters. The zero-order chi connectivity index (χ0) is 26.0. The molecule has 0 unspecified atom stereocenters. The third-order valence-corrected chi connectivity index (χ3v) is 6.66. The van der Waals surface area contributed by atoms with Gasteiger partial charge in [-0.25, -0.2) is 18.1 Å². The molecule has 0 radical (unpaired) electrons. The van der Waals surface area contributed by atoms with Crippen LogP contribution in [0.3, 0.4) is 0 Å². The van der Waals surface area contributed by atoms with Crippen LogP contribution in [0.4, 0.5) is 0 Å². The molecule has 188 valence electrons. The van der Waals surface area contributed by atoms with Crippen LogP contribution in [0.5, 0.6) is 5.75 Å². The number of nitrogens with zero attached hydrogens (tertiary/aromatic N) is 4. The van der Waals surface area contributed by atoms with Crippen LogP contribution in [0.2, 0.25) is 0 Å². The van der Waals surface area contributed by atoms with Crippen molar-refractivity contribution >= 4 is 27.0 Å². The van der Waals surface area contributed by atoms with Gasteiger partial charge in [0.15, 0.2) is 5.52 Å². The predicted octanol–water partition coefficient (Wildman–Crippen LogP) is 2.43. The number of benzene rings is 1. The third kappa shape index (κ3) is 4.98. The Hall–Kier alpha value is -4.06. The maximum Gasteiger partial charge on any atom is 0.277 e. The lowest BCUT2D eigenvalue weighted by Gasteiger charge is -2.13. The molecule has 0 fully saturated rings. The molecule has 3 aromatic heterocycles. The molecule has 3 heterocycles. The number of amides is 1. The van der Waals surface area contributed by atoms with E-state index in [0.717, 1.165) is 0 Å². The smallest absolute Gasteiger partial charge is 0.277 e. The van der Waals surface area contributed by atoms with Gasteiger partial charge in [-0.3, -0.25) is 19.3 Å². The molecular weight excluding hydrogens is 484 g/mol. The van der Waals surface area contributed by atoms with Crippen LogP contribution in [-0.4, -0.2) is 45.7 Å². The lowest BCUT2D eigenvalue weighted by atomic mass is 10.1. The van der Waals surface area contributed by atoms with Crippen molar-refractivity contribution in [3.8, 4) is 17.1 Å². The summed E-state index contributed by atoms with van der Waals surface area (Å²) in [6.07, 6.45) is 3.35. The van der Waals surface area contributed by atoms with E-state index in [9.17, 15) is 18.0 Å². The summed E-state index contributed by atoms with van der Waals surface area (Å²) in [5.74, 6) is -0.0832. The van der Waals surface area contributed by atoms with Crippen molar-refractivity contribution in [1.82, 2.24) is 29.5 Å². The molecule has 1 amide bonds. The average molecular weight is 511 g/mol. The van der Waals surface area contributed by atoms with Crippen LogP contribution in [0.1, 0.15) is 36.8 Å². The standard InChI is InChI=1S/C24H26N6O5S/c1-5-35-19-9-8-16(36(33,34)29-23(31)15-7-6-10-25-13-15)12-17(19)22-26-20-18(11-14(2)3)28-30(4)21(20)24(32)27-22/h6-10,12-14H,5,11H2,1-4H3,(H,29,31)(H,26,27,32). The molecule has 11 nitrogen and oxygen atoms in total. The number of aromatic amines is 1. The van der Waals surface area contributed by atoms with E-state index in [4.69, 9.17) is 4.74 Å². The number of H-pyrrole nitrogens is 1. The van der Waals surface area contributed by atoms with Crippen LogP contribution < -0.4 is 15.0 Å². The molecular formula is C24H26N6O5S. The van der Waals surface area contributed by atoms with Gasteiger partial charge in [-0.2, -0.15) is 5.10 Å². The van der Waals surface area contributed by atoms with Gasteiger partial charge in [-0.15, -0.1) is 0 Å². The minimum atomic E-state index is -4.26. The lowest BCUT2D eigenvalue weighted by molar-refractivity contribution is 0.0981. The van der Waals surface area contributed by atoms with E-state index in [-0.39, 0.29) is 27.8 Å². The summed E-state index contributed by atoms with van der Waals surface area (Å²) in [4.78, 5) is 36.4. The highest BCUT2D eigenvalue weighted by Gasteiger charge is 2.23. The van der Waals surface area contributed by atoms with E-state index in [2.05, 4.69) is 20.1 Å². The minimum Gasteiger partial charge on any atom is -0.493 e. The fourth-order valence-electron chi connectivity index (χ4n) is 3.78. The quantitative estimate of drug-likeness (QED) is 0.367. The van der Waals surface area contributed by atoms with Gasteiger partial charge >= 0.3 is 0 Å². The van der Waals surface area contributed by atoms with Crippen LogP contribution in [0, 0.1) is 5.92 Å². The number of rotatable bonds is 8. The zero-order valence-corrected chi connectivity index (χ0v) is 21.1. The topological polar surface area (TPSA) is 149 Å².